The van der Waals surface area contributed by atoms with Crippen molar-refractivity contribution in [2.45, 2.75) is 13.8 Å². The fraction of sp³-hybridized carbons (Fsp3) is 1.00. The number of rotatable bonds is 2. The lowest BCUT2D eigenvalue weighted by atomic mass is 11.0. The van der Waals surface area contributed by atoms with Crippen molar-refractivity contribution in [2.75, 3.05) is 11.5 Å². The van der Waals surface area contributed by atoms with Crippen LogP contribution in [-0.4, -0.2) is 21.3 Å². The van der Waals surface area contributed by atoms with Gasteiger partial charge >= 0.3 is 0 Å². The average Bonchev–Trinajstić information content (AvgIpc) is 1.65. The molecule has 0 saturated heterocycles. The molecule has 0 aliphatic rings. The lowest BCUT2D eigenvalue weighted by molar-refractivity contribution is 0.502. The quantitative estimate of drug-likeness (QED) is 0.406. The van der Waals surface area contributed by atoms with E-state index in [9.17, 15) is 0 Å². The summed E-state index contributed by atoms with van der Waals surface area (Å²) in [6.07, 6.45) is 0. The van der Waals surface area contributed by atoms with E-state index in [1.807, 2.05) is 13.8 Å². The van der Waals surface area contributed by atoms with E-state index < -0.39 is 5.69 Å². The predicted molar refractivity (Wildman–Crippen MR) is 53.8 cm³/mol. The average molecular weight is 205 g/mol. The van der Waals surface area contributed by atoms with Gasteiger partial charge in [0.25, 0.3) is 0 Å². The van der Waals surface area contributed by atoms with E-state index in [1.165, 1.54) is 0 Å². The zero-order chi connectivity index (χ0) is 7.49. The van der Waals surface area contributed by atoms with Crippen molar-refractivity contribution in [3.8, 4) is 0 Å². The molecule has 0 bridgehead atoms. The summed E-state index contributed by atoms with van der Waals surface area (Å²) in [6.45, 7) is 3.90. The minimum atomic E-state index is -2.80. The van der Waals surface area contributed by atoms with Crippen molar-refractivity contribution in [2.24, 2.45) is 0 Å². The summed E-state index contributed by atoms with van der Waals surface area (Å²) in [5.74, 6) is 1.64. The molecule has 0 rings (SSSR count). The molecule has 0 atom stereocenters. The molecule has 0 aliphatic heterocycles. The highest BCUT2D eigenvalue weighted by molar-refractivity contribution is 8.65. The predicted octanol–water partition coefficient (Wildman–Crippen LogP) is 1.40. The number of thiol groups is 1. The lowest BCUT2D eigenvalue weighted by Crippen LogP contribution is -1.96. The van der Waals surface area contributed by atoms with E-state index in [-0.39, 0.29) is 16.2 Å². The molecule has 0 heterocycles. The Kier molecular flexibility index (Phi) is 7.66. The summed E-state index contributed by atoms with van der Waals surface area (Å²) >= 11 is 3.74. The third-order valence-electron chi connectivity index (χ3n) is 1.01. The first-order valence-corrected chi connectivity index (χ1v) is 7.79. The summed E-state index contributed by atoms with van der Waals surface area (Å²) in [6, 6.07) is 0. The second-order valence-corrected chi connectivity index (χ2v) is 10.2. The molecular formula is C4H16NO2PS2. The van der Waals surface area contributed by atoms with Gasteiger partial charge in [-0.1, -0.05) is 26.1 Å². The first-order valence-electron chi connectivity index (χ1n) is 2.77. The summed E-state index contributed by atoms with van der Waals surface area (Å²) in [4.78, 5) is 18.0. The molecule has 0 saturated carbocycles. The van der Waals surface area contributed by atoms with E-state index in [0.717, 1.165) is 11.5 Å². The van der Waals surface area contributed by atoms with Gasteiger partial charge in [0.05, 0.1) is 0 Å². The van der Waals surface area contributed by atoms with E-state index >= 15 is 0 Å². The SMILES string of the molecule is CCS(CC)=P(O)(O)S.N. The van der Waals surface area contributed by atoms with Gasteiger partial charge in [0.1, 0.15) is 0 Å². The second-order valence-electron chi connectivity index (χ2n) is 1.55. The minimum absolute atomic E-state index is 0. The van der Waals surface area contributed by atoms with Crippen molar-refractivity contribution >= 4 is 28.0 Å². The van der Waals surface area contributed by atoms with Crippen LogP contribution in [0.4, 0.5) is 0 Å². The first-order chi connectivity index (χ1) is 4.02. The Morgan fingerprint density at radius 2 is 1.60 bits per heavy atom. The molecule has 0 radical (unpaired) electrons. The smallest absolute Gasteiger partial charge is 0.198 e. The minimum Gasteiger partial charge on any atom is -0.344 e. The summed E-state index contributed by atoms with van der Waals surface area (Å²) in [5, 5.41) is 0. The Bertz CT molecular complexity index is 130. The molecule has 0 aromatic rings. The monoisotopic (exact) mass is 205 g/mol. The second kappa shape index (κ2) is 5.63. The van der Waals surface area contributed by atoms with Gasteiger partial charge in [-0.3, -0.25) is 0 Å². The van der Waals surface area contributed by atoms with Crippen molar-refractivity contribution < 1.29 is 9.79 Å². The topological polar surface area (TPSA) is 75.5 Å². The van der Waals surface area contributed by atoms with Crippen molar-refractivity contribution in [1.29, 1.82) is 0 Å². The molecular weight excluding hydrogens is 189 g/mol. The van der Waals surface area contributed by atoms with Crippen LogP contribution in [0.3, 0.4) is 0 Å². The molecule has 3 nitrogen and oxygen atoms in total. The molecule has 0 unspecified atom stereocenters. The fourth-order valence-corrected chi connectivity index (χ4v) is 5.81. The number of hydrogen-bond acceptors (Lipinski definition) is 1. The molecule has 0 aliphatic carbocycles. The van der Waals surface area contributed by atoms with E-state index in [0.29, 0.717) is 0 Å². The highest BCUT2D eigenvalue weighted by Gasteiger charge is 2.05. The molecule has 0 fully saturated rings. The first kappa shape index (κ1) is 13.6. The number of hydrogen-bond donors (Lipinski definition) is 4. The van der Waals surface area contributed by atoms with Crippen molar-refractivity contribution in [3.63, 3.8) is 0 Å². The van der Waals surface area contributed by atoms with Gasteiger partial charge in [0.15, 0.2) is 5.69 Å². The van der Waals surface area contributed by atoms with Gasteiger partial charge < -0.3 is 15.9 Å². The summed E-state index contributed by atoms with van der Waals surface area (Å²) < 4.78 is 0. The maximum Gasteiger partial charge on any atom is 0.198 e. The van der Waals surface area contributed by atoms with Crippen LogP contribution in [0.2, 0.25) is 0 Å². The van der Waals surface area contributed by atoms with Gasteiger partial charge in [-0.25, -0.2) is 0 Å². The molecule has 6 heteroatoms. The standard InChI is InChI=1S/C4H13O2PS2.H3N/c1-3-9(4-2)7(5,6)8;/h5-6,8H,3-4H2,1-2H3;1H3. The zero-order valence-electron chi connectivity index (χ0n) is 6.32. The Morgan fingerprint density at radius 3 is 1.60 bits per heavy atom. The Morgan fingerprint density at radius 1 is 1.30 bits per heavy atom. The third-order valence-corrected chi connectivity index (χ3v) is 8.74. The van der Waals surface area contributed by atoms with Gasteiger partial charge in [-0.15, -0.1) is 10.1 Å². The Hall–Kier alpha value is 1.01. The molecule has 0 amide bonds. The van der Waals surface area contributed by atoms with Crippen LogP contribution in [0, 0.1) is 0 Å². The van der Waals surface area contributed by atoms with Gasteiger partial charge in [0, 0.05) is 0 Å². The van der Waals surface area contributed by atoms with Gasteiger partial charge in [0.2, 0.25) is 0 Å². The van der Waals surface area contributed by atoms with Crippen LogP contribution in [-0.2, 0) is 10.1 Å². The fourth-order valence-electron chi connectivity index (χ4n) is 0.551. The highest BCUT2D eigenvalue weighted by atomic mass is 32.9. The van der Waals surface area contributed by atoms with Crippen LogP contribution in [0.5, 0.6) is 0 Å². The normalized spacial score (nSPS) is 11.4. The van der Waals surface area contributed by atoms with Crippen molar-refractivity contribution in [3.05, 3.63) is 0 Å². The van der Waals surface area contributed by atoms with Crippen LogP contribution in [0.15, 0.2) is 0 Å². The molecule has 5 N–H and O–H groups in total. The van der Waals surface area contributed by atoms with Crippen molar-refractivity contribution in [1.82, 2.24) is 6.15 Å². The Balaban J connectivity index is 0. The summed E-state index contributed by atoms with van der Waals surface area (Å²) in [7, 11) is -0.269. The maximum atomic E-state index is 9.02. The highest BCUT2D eigenvalue weighted by Crippen LogP contribution is 2.46. The zero-order valence-corrected chi connectivity index (χ0v) is 8.92. The van der Waals surface area contributed by atoms with Crippen LogP contribution in [0.1, 0.15) is 13.8 Å². The van der Waals surface area contributed by atoms with Gasteiger partial charge in [-0.2, -0.15) is 0 Å². The van der Waals surface area contributed by atoms with Gasteiger partial charge in [-0.05, 0) is 11.5 Å². The molecule has 0 aromatic heterocycles. The van der Waals surface area contributed by atoms with E-state index in [4.69, 9.17) is 9.79 Å². The molecule has 66 valence electrons. The summed E-state index contributed by atoms with van der Waals surface area (Å²) in [5.41, 5.74) is -2.80. The maximum absolute atomic E-state index is 9.02. The van der Waals surface area contributed by atoms with Crippen LogP contribution in [0.25, 0.3) is 0 Å². The Labute approximate surface area is 69.7 Å². The van der Waals surface area contributed by atoms with Crippen LogP contribution < -0.4 is 6.15 Å². The lowest BCUT2D eigenvalue weighted by Gasteiger charge is -2.11. The van der Waals surface area contributed by atoms with E-state index in [1.54, 1.807) is 0 Å². The van der Waals surface area contributed by atoms with E-state index in [2.05, 4.69) is 12.2 Å². The molecule has 0 aromatic carbocycles. The molecule has 0 spiro atoms. The third kappa shape index (κ3) is 4.77. The van der Waals surface area contributed by atoms with Crippen LogP contribution >= 0.6 is 17.9 Å². The largest absolute Gasteiger partial charge is 0.344 e. The molecule has 10 heavy (non-hydrogen) atoms.